The highest BCUT2D eigenvalue weighted by atomic mass is 16.4. The number of carboxylic acid groups (broad SMARTS) is 1. The first kappa shape index (κ1) is 13.6. The van der Waals surface area contributed by atoms with Crippen molar-refractivity contribution in [3.63, 3.8) is 0 Å². The monoisotopic (exact) mass is 282 g/mol. The summed E-state index contributed by atoms with van der Waals surface area (Å²) in [6.07, 6.45) is 5.17. The molecule has 0 amide bonds. The van der Waals surface area contributed by atoms with Gasteiger partial charge < -0.3 is 9.67 Å². The van der Waals surface area contributed by atoms with Gasteiger partial charge in [0.1, 0.15) is 5.69 Å². The van der Waals surface area contributed by atoms with Crippen molar-refractivity contribution in [2.24, 2.45) is 0 Å². The zero-order valence-electron chi connectivity index (χ0n) is 12.0. The maximum Gasteiger partial charge on any atom is 0.354 e. The van der Waals surface area contributed by atoms with Gasteiger partial charge >= 0.3 is 5.97 Å². The van der Waals surface area contributed by atoms with E-state index in [9.17, 15) is 4.79 Å². The zero-order valence-corrected chi connectivity index (χ0v) is 12.0. The molecule has 0 spiro atoms. The molecule has 4 heteroatoms. The summed E-state index contributed by atoms with van der Waals surface area (Å²) in [5.41, 5.74) is 2.25. The number of fused-ring (bicyclic) bond motifs is 3. The van der Waals surface area contributed by atoms with Crippen molar-refractivity contribution >= 4 is 27.8 Å². The molecule has 1 aromatic carbocycles. The highest BCUT2D eigenvalue weighted by Crippen LogP contribution is 2.29. The molecule has 0 atom stereocenters. The molecule has 0 unspecified atom stereocenters. The molecule has 0 radical (unpaired) electrons. The third-order valence-corrected chi connectivity index (χ3v) is 3.86. The van der Waals surface area contributed by atoms with E-state index in [-0.39, 0.29) is 5.69 Å². The molecule has 1 N–H and O–H groups in total. The Balaban J connectivity index is 2.21. The SMILES string of the molecule is CCCCCn1c2ccccc2c2cc(C(=O)O)ncc21. The second-order valence-electron chi connectivity index (χ2n) is 5.27. The first-order chi connectivity index (χ1) is 10.2. The second kappa shape index (κ2) is 5.56. The summed E-state index contributed by atoms with van der Waals surface area (Å²) in [5.74, 6) is -0.986. The molecule has 0 saturated carbocycles. The van der Waals surface area contributed by atoms with Crippen LogP contribution in [-0.4, -0.2) is 20.6 Å². The Morgan fingerprint density at radius 1 is 1.19 bits per heavy atom. The number of benzene rings is 1. The second-order valence-corrected chi connectivity index (χ2v) is 5.27. The van der Waals surface area contributed by atoms with Crippen LogP contribution in [0.1, 0.15) is 36.7 Å². The number of pyridine rings is 1. The molecule has 0 saturated heterocycles. The summed E-state index contributed by atoms with van der Waals surface area (Å²) in [6, 6.07) is 9.81. The van der Waals surface area contributed by atoms with Crippen LogP contribution in [0.2, 0.25) is 0 Å². The minimum atomic E-state index is -0.986. The van der Waals surface area contributed by atoms with Crippen molar-refractivity contribution < 1.29 is 9.90 Å². The fourth-order valence-electron chi connectivity index (χ4n) is 2.82. The van der Waals surface area contributed by atoms with Gasteiger partial charge in [-0.05, 0) is 18.6 Å². The van der Waals surface area contributed by atoms with Gasteiger partial charge in [0.2, 0.25) is 0 Å². The quantitative estimate of drug-likeness (QED) is 0.717. The van der Waals surface area contributed by atoms with Crippen LogP contribution in [-0.2, 0) is 6.54 Å². The van der Waals surface area contributed by atoms with Crippen molar-refractivity contribution in [3.05, 3.63) is 42.2 Å². The van der Waals surface area contributed by atoms with Gasteiger partial charge in [-0.15, -0.1) is 0 Å². The molecule has 0 aliphatic heterocycles. The van der Waals surface area contributed by atoms with E-state index in [1.807, 2.05) is 18.2 Å². The van der Waals surface area contributed by atoms with Crippen LogP contribution >= 0.6 is 0 Å². The number of carbonyl (C=O) groups is 1. The van der Waals surface area contributed by atoms with Crippen molar-refractivity contribution in [2.45, 2.75) is 32.7 Å². The van der Waals surface area contributed by atoms with Gasteiger partial charge in [-0.2, -0.15) is 0 Å². The number of aromatic carboxylic acids is 1. The van der Waals surface area contributed by atoms with Crippen molar-refractivity contribution in [1.29, 1.82) is 0 Å². The Kier molecular flexibility index (Phi) is 3.60. The Morgan fingerprint density at radius 2 is 2.00 bits per heavy atom. The largest absolute Gasteiger partial charge is 0.477 e. The van der Waals surface area contributed by atoms with Gasteiger partial charge in [0.15, 0.2) is 0 Å². The molecular formula is C17H18N2O2. The predicted molar refractivity (Wildman–Crippen MR) is 83.7 cm³/mol. The average Bonchev–Trinajstić information content (AvgIpc) is 2.81. The summed E-state index contributed by atoms with van der Waals surface area (Å²) in [5, 5.41) is 11.2. The van der Waals surface area contributed by atoms with Gasteiger partial charge in [-0.1, -0.05) is 38.0 Å². The first-order valence-corrected chi connectivity index (χ1v) is 7.32. The first-order valence-electron chi connectivity index (χ1n) is 7.32. The molecule has 21 heavy (non-hydrogen) atoms. The lowest BCUT2D eigenvalue weighted by molar-refractivity contribution is 0.0690. The lowest BCUT2D eigenvalue weighted by Gasteiger charge is -2.06. The number of hydrogen-bond donors (Lipinski definition) is 1. The Morgan fingerprint density at radius 3 is 2.76 bits per heavy atom. The fourth-order valence-corrected chi connectivity index (χ4v) is 2.82. The number of hydrogen-bond acceptors (Lipinski definition) is 2. The predicted octanol–water partition coefficient (Wildman–Crippen LogP) is 4.08. The van der Waals surface area contributed by atoms with E-state index in [1.165, 1.54) is 12.8 Å². The molecule has 108 valence electrons. The highest BCUT2D eigenvalue weighted by molar-refractivity contribution is 6.09. The van der Waals surface area contributed by atoms with E-state index < -0.39 is 5.97 Å². The Bertz CT molecular complexity index is 805. The smallest absolute Gasteiger partial charge is 0.354 e. The van der Waals surface area contributed by atoms with E-state index in [1.54, 1.807) is 12.3 Å². The molecule has 0 aliphatic rings. The van der Waals surface area contributed by atoms with Crippen LogP contribution in [0.15, 0.2) is 36.5 Å². The van der Waals surface area contributed by atoms with E-state index in [4.69, 9.17) is 5.11 Å². The van der Waals surface area contributed by atoms with Crippen molar-refractivity contribution in [2.75, 3.05) is 0 Å². The number of carboxylic acids is 1. The normalized spacial score (nSPS) is 11.3. The maximum absolute atomic E-state index is 11.1. The van der Waals surface area contributed by atoms with Crippen molar-refractivity contribution in [1.82, 2.24) is 9.55 Å². The van der Waals surface area contributed by atoms with Gasteiger partial charge in [0.05, 0.1) is 11.7 Å². The van der Waals surface area contributed by atoms with Crippen LogP contribution in [0.25, 0.3) is 21.8 Å². The number of aryl methyl sites for hydroxylation is 1. The molecule has 4 nitrogen and oxygen atoms in total. The third-order valence-electron chi connectivity index (χ3n) is 3.86. The van der Waals surface area contributed by atoms with Crippen LogP contribution in [0.4, 0.5) is 0 Å². The van der Waals surface area contributed by atoms with E-state index in [0.717, 1.165) is 34.8 Å². The minimum absolute atomic E-state index is 0.0963. The van der Waals surface area contributed by atoms with E-state index >= 15 is 0 Å². The zero-order chi connectivity index (χ0) is 14.8. The van der Waals surface area contributed by atoms with Crippen LogP contribution < -0.4 is 0 Å². The number of rotatable bonds is 5. The summed E-state index contributed by atoms with van der Waals surface area (Å²) in [6.45, 7) is 3.12. The van der Waals surface area contributed by atoms with Gasteiger partial charge in [-0.25, -0.2) is 9.78 Å². The van der Waals surface area contributed by atoms with Gasteiger partial charge in [-0.3, -0.25) is 0 Å². The van der Waals surface area contributed by atoms with Crippen LogP contribution in [0.5, 0.6) is 0 Å². The molecule has 3 rings (SSSR count). The van der Waals surface area contributed by atoms with Crippen LogP contribution in [0, 0.1) is 0 Å². The summed E-state index contributed by atoms with van der Waals surface area (Å²) < 4.78 is 2.25. The third kappa shape index (κ3) is 2.37. The van der Waals surface area contributed by atoms with Crippen molar-refractivity contribution in [3.8, 4) is 0 Å². The lowest BCUT2D eigenvalue weighted by atomic mass is 10.1. The molecule has 3 aromatic rings. The summed E-state index contributed by atoms with van der Waals surface area (Å²) >= 11 is 0. The molecular weight excluding hydrogens is 264 g/mol. The highest BCUT2D eigenvalue weighted by Gasteiger charge is 2.13. The molecule has 0 fully saturated rings. The van der Waals surface area contributed by atoms with E-state index in [0.29, 0.717) is 0 Å². The summed E-state index contributed by atoms with van der Waals surface area (Å²) in [4.78, 5) is 15.2. The standard InChI is InChI=1S/C17H18N2O2/c1-2-3-6-9-19-15-8-5-4-7-12(15)13-10-14(17(20)21)18-11-16(13)19/h4-5,7-8,10-11H,2-3,6,9H2,1H3,(H,20,21). The molecule has 2 aromatic heterocycles. The molecule has 0 aliphatic carbocycles. The fraction of sp³-hybridized carbons (Fsp3) is 0.294. The van der Waals surface area contributed by atoms with Crippen LogP contribution in [0.3, 0.4) is 0 Å². The van der Waals surface area contributed by atoms with E-state index in [2.05, 4.69) is 22.5 Å². The Hall–Kier alpha value is -2.36. The Labute approximate surface area is 123 Å². The lowest BCUT2D eigenvalue weighted by Crippen LogP contribution is -2.01. The number of aromatic nitrogens is 2. The maximum atomic E-state index is 11.1. The topological polar surface area (TPSA) is 55.1 Å². The minimum Gasteiger partial charge on any atom is -0.477 e. The number of unbranched alkanes of at least 4 members (excludes halogenated alkanes) is 2. The van der Waals surface area contributed by atoms with Gasteiger partial charge in [0.25, 0.3) is 0 Å². The van der Waals surface area contributed by atoms with Gasteiger partial charge in [0, 0.05) is 22.8 Å². The molecule has 2 heterocycles. The average molecular weight is 282 g/mol. The number of nitrogens with zero attached hydrogens (tertiary/aromatic N) is 2. The molecule has 0 bridgehead atoms. The number of para-hydroxylation sites is 1. The summed E-state index contributed by atoms with van der Waals surface area (Å²) in [7, 11) is 0.